The van der Waals surface area contributed by atoms with Gasteiger partial charge in [0.25, 0.3) is 5.91 Å². The second-order valence-electron chi connectivity index (χ2n) is 5.99. The van der Waals surface area contributed by atoms with Crippen molar-refractivity contribution >= 4 is 17.3 Å². The van der Waals surface area contributed by atoms with E-state index in [1.54, 1.807) is 0 Å². The molecule has 2 aliphatic rings. The summed E-state index contributed by atoms with van der Waals surface area (Å²) in [6.07, 6.45) is -0.373. The van der Waals surface area contributed by atoms with Crippen LogP contribution in [0.4, 0.5) is 11.4 Å². The lowest BCUT2D eigenvalue weighted by molar-refractivity contribution is -0.131. The molecule has 1 N–H and O–H groups in total. The molecule has 0 spiro atoms. The second-order valence-corrected chi connectivity index (χ2v) is 5.99. The van der Waals surface area contributed by atoms with Crippen LogP contribution in [0.1, 0.15) is 6.92 Å². The minimum absolute atomic E-state index is 0.0665. The molecule has 0 bridgehead atoms. The number of para-hydroxylation sites is 2. The number of hydrogen-bond acceptors (Lipinski definition) is 4. The molecule has 3 rings (SSSR count). The molecule has 1 saturated heterocycles. The molecule has 0 unspecified atom stereocenters. The molecule has 2 atom stereocenters. The summed E-state index contributed by atoms with van der Waals surface area (Å²) in [6.45, 7) is 5.88. The molecule has 0 saturated carbocycles. The zero-order valence-corrected chi connectivity index (χ0v) is 12.7. The predicted octanol–water partition coefficient (Wildman–Crippen LogP) is 1.09. The molecule has 0 aromatic heterocycles. The molecular formula is C16H23N3O2. The fourth-order valence-electron chi connectivity index (χ4n) is 3.16. The lowest BCUT2D eigenvalue weighted by Crippen LogP contribution is -2.50. The summed E-state index contributed by atoms with van der Waals surface area (Å²) in [7, 11) is 2.09. The molecule has 1 amide bonds. The van der Waals surface area contributed by atoms with Gasteiger partial charge in [0.2, 0.25) is 0 Å². The Balaban J connectivity index is 1.92. The van der Waals surface area contributed by atoms with Gasteiger partial charge in [0.15, 0.2) is 0 Å². The Kier molecular flexibility index (Phi) is 4.12. The zero-order chi connectivity index (χ0) is 14.8. The van der Waals surface area contributed by atoms with Gasteiger partial charge >= 0.3 is 0 Å². The number of hydrogen-bond donors (Lipinski definition) is 1. The van der Waals surface area contributed by atoms with Gasteiger partial charge < -0.3 is 19.9 Å². The Labute approximate surface area is 125 Å². The van der Waals surface area contributed by atoms with Gasteiger partial charge in [-0.3, -0.25) is 4.79 Å². The van der Waals surface area contributed by atoms with Crippen LogP contribution >= 0.6 is 0 Å². The number of nitrogens with zero attached hydrogens (tertiary/aromatic N) is 2. The van der Waals surface area contributed by atoms with E-state index in [2.05, 4.69) is 30.3 Å². The minimum Gasteiger partial charge on any atom is -0.373 e. The Bertz CT molecular complexity index is 514. The van der Waals surface area contributed by atoms with Crippen molar-refractivity contribution in [2.24, 2.45) is 5.92 Å². The molecular weight excluding hydrogens is 266 g/mol. The lowest BCUT2D eigenvalue weighted by Gasteiger charge is -2.30. The van der Waals surface area contributed by atoms with E-state index in [9.17, 15) is 4.79 Å². The van der Waals surface area contributed by atoms with Crippen molar-refractivity contribution in [2.75, 3.05) is 49.6 Å². The minimum atomic E-state index is -0.373. The number of nitrogens with one attached hydrogen (secondary N) is 1. The molecule has 21 heavy (non-hydrogen) atoms. The van der Waals surface area contributed by atoms with Crippen LogP contribution in [0.2, 0.25) is 0 Å². The molecule has 1 fully saturated rings. The van der Waals surface area contributed by atoms with Crippen LogP contribution in [0.5, 0.6) is 0 Å². The summed E-state index contributed by atoms with van der Waals surface area (Å²) in [5.41, 5.74) is 2.10. The molecule has 1 aromatic carbocycles. The number of anilines is 2. The van der Waals surface area contributed by atoms with Gasteiger partial charge in [-0.05, 0) is 18.1 Å². The largest absolute Gasteiger partial charge is 0.373 e. The summed E-state index contributed by atoms with van der Waals surface area (Å²) < 4.78 is 5.64. The van der Waals surface area contributed by atoms with E-state index >= 15 is 0 Å². The maximum atomic E-state index is 12.9. The van der Waals surface area contributed by atoms with Gasteiger partial charge in [-0.25, -0.2) is 0 Å². The van der Waals surface area contributed by atoms with E-state index in [4.69, 9.17) is 4.74 Å². The van der Waals surface area contributed by atoms with Gasteiger partial charge in [-0.1, -0.05) is 19.1 Å². The first-order valence-electron chi connectivity index (χ1n) is 7.60. The quantitative estimate of drug-likeness (QED) is 0.841. The molecule has 0 aliphatic carbocycles. The molecule has 2 heterocycles. The van der Waals surface area contributed by atoms with Crippen molar-refractivity contribution in [3.8, 4) is 0 Å². The average Bonchev–Trinajstić information content (AvgIpc) is 2.64. The summed E-state index contributed by atoms with van der Waals surface area (Å²) in [5.74, 6) is 0.486. The summed E-state index contributed by atoms with van der Waals surface area (Å²) >= 11 is 0. The van der Waals surface area contributed by atoms with Crippen LogP contribution in [0.25, 0.3) is 0 Å². The standard InChI is InChI=1S/C16H23N3O2/c1-12-10-18(2)13-5-3-4-6-14(13)19(11-12)16(20)15-9-17-7-8-21-15/h3-6,12,15,17H,7-11H2,1-2H3/t12-,15-/m0/s1. The number of amides is 1. The van der Waals surface area contributed by atoms with Gasteiger partial charge in [0.05, 0.1) is 18.0 Å². The number of rotatable bonds is 1. The number of morpholine rings is 1. The maximum absolute atomic E-state index is 12.9. The molecule has 114 valence electrons. The molecule has 0 radical (unpaired) electrons. The number of fused-ring (bicyclic) bond motifs is 1. The fraction of sp³-hybridized carbons (Fsp3) is 0.562. The normalized spacial score (nSPS) is 26.2. The first-order valence-corrected chi connectivity index (χ1v) is 7.60. The van der Waals surface area contributed by atoms with Crippen LogP contribution in [0.3, 0.4) is 0 Å². The highest BCUT2D eigenvalue weighted by Crippen LogP contribution is 2.33. The summed E-state index contributed by atoms with van der Waals surface area (Å²) in [6, 6.07) is 8.11. The smallest absolute Gasteiger partial charge is 0.257 e. The van der Waals surface area contributed by atoms with Gasteiger partial charge in [0, 0.05) is 33.2 Å². The average molecular weight is 289 g/mol. The maximum Gasteiger partial charge on any atom is 0.257 e. The second kappa shape index (κ2) is 6.03. The molecule has 1 aromatic rings. The molecule has 5 heteroatoms. The number of ether oxygens (including phenoxy) is 1. The first-order chi connectivity index (χ1) is 10.2. The number of carbonyl (C=O) groups is 1. The first kappa shape index (κ1) is 14.4. The van der Waals surface area contributed by atoms with Gasteiger partial charge in [-0.2, -0.15) is 0 Å². The lowest BCUT2D eigenvalue weighted by atomic mass is 10.1. The van der Waals surface area contributed by atoms with Crippen LogP contribution in [0.15, 0.2) is 24.3 Å². The van der Waals surface area contributed by atoms with E-state index in [1.807, 2.05) is 23.1 Å². The Morgan fingerprint density at radius 3 is 2.76 bits per heavy atom. The van der Waals surface area contributed by atoms with Crippen molar-refractivity contribution in [2.45, 2.75) is 13.0 Å². The van der Waals surface area contributed by atoms with Crippen molar-refractivity contribution in [3.63, 3.8) is 0 Å². The Morgan fingerprint density at radius 2 is 2.05 bits per heavy atom. The van der Waals surface area contributed by atoms with E-state index in [-0.39, 0.29) is 12.0 Å². The van der Waals surface area contributed by atoms with Gasteiger partial charge in [0.1, 0.15) is 6.10 Å². The predicted molar refractivity (Wildman–Crippen MR) is 83.8 cm³/mol. The number of benzene rings is 1. The Morgan fingerprint density at radius 1 is 1.29 bits per heavy atom. The van der Waals surface area contributed by atoms with E-state index in [1.165, 1.54) is 0 Å². The third-order valence-corrected chi connectivity index (χ3v) is 4.13. The van der Waals surface area contributed by atoms with E-state index < -0.39 is 0 Å². The zero-order valence-electron chi connectivity index (χ0n) is 12.7. The van der Waals surface area contributed by atoms with Gasteiger partial charge in [-0.15, -0.1) is 0 Å². The van der Waals surface area contributed by atoms with E-state index in [0.717, 1.165) is 31.0 Å². The highest BCUT2D eigenvalue weighted by atomic mass is 16.5. The SMILES string of the molecule is C[C@H]1CN(C)c2ccccc2N(C(=O)[C@@H]2CNCCO2)C1. The third kappa shape index (κ3) is 2.89. The van der Waals surface area contributed by atoms with Crippen LogP contribution < -0.4 is 15.1 Å². The summed E-state index contributed by atoms with van der Waals surface area (Å²) in [4.78, 5) is 17.0. The van der Waals surface area contributed by atoms with Crippen molar-refractivity contribution in [1.29, 1.82) is 0 Å². The topological polar surface area (TPSA) is 44.8 Å². The van der Waals surface area contributed by atoms with Crippen molar-refractivity contribution < 1.29 is 9.53 Å². The van der Waals surface area contributed by atoms with E-state index in [0.29, 0.717) is 19.1 Å². The highest BCUT2D eigenvalue weighted by molar-refractivity contribution is 6.00. The van der Waals surface area contributed by atoms with Crippen LogP contribution in [-0.2, 0) is 9.53 Å². The number of carbonyl (C=O) groups excluding carboxylic acids is 1. The van der Waals surface area contributed by atoms with Crippen LogP contribution in [0, 0.1) is 5.92 Å². The van der Waals surface area contributed by atoms with Crippen molar-refractivity contribution in [1.82, 2.24) is 5.32 Å². The highest BCUT2D eigenvalue weighted by Gasteiger charge is 2.32. The van der Waals surface area contributed by atoms with Crippen LogP contribution in [-0.4, -0.2) is 51.8 Å². The fourth-order valence-corrected chi connectivity index (χ4v) is 3.16. The summed E-state index contributed by atoms with van der Waals surface area (Å²) in [5, 5.41) is 3.23. The third-order valence-electron chi connectivity index (χ3n) is 4.13. The van der Waals surface area contributed by atoms with Crippen molar-refractivity contribution in [3.05, 3.63) is 24.3 Å². The monoisotopic (exact) mass is 289 g/mol. The molecule has 5 nitrogen and oxygen atoms in total. The molecule has 2 aliphatic heterocycles. The Hall–Kier alpha value is -1.59.